The zero-order chi connectivity index (χ0) is 12.8. The molecule has 2 heteroatoms. The number of nitrogens with two attached hydrogens (primary N) is 1. The number of rotatable bonds is 6. The fraction of sp³-hybridized carbons (Fsp3) is 0.600. The molecule has 0 unspecified atom stereocenters. The molecule has 0 heterocycles. The van der Waals surface area contributed by atoms with Gasteiger partial charge < -0.3 is 10.5 Å². The Morgan fingerprint density at radius 2 is 1.71 bits per heavy atom. The minimum atomic E-state index is 0.0679. The first-order valence-electron chi connectivity index (χ1n) is 6.48. The zero-order valence-electron chi connectivity index (χ0n) is 11.4. The molecule has 0 aliphatic heterocycles. The van der Waals surface area contributed by atoms with Crippen molar-refractivity contribution >= 4 is 0 Å². The summed E-state index contributed by atoms with van der Waals surface area (Å²) < 4.78 is 5.82. The van der Waals surface area contributed by atoms with Crippen LogP contribution >= 0.6 is 0 Å². The van der Waals surface area contributed by atoms with Crippen LogP contribution in [0.15, 0.2) is 24.3 Å². The third-order valence-electron chi connectivity index (χ3n) is 2.62. The van der Waals surface area contributed by atoms with Crippen LogP contribution < -0.4 is 10.5 Å². The average Bonchev–Trinajstić information content (AvgIpc) is 2.25. The molecule has 0 fully saturated rings. The van der Waals surface area contributed by atoms with Crippen LogP contribution in [0.1, 0.15) is 45.7 Å². The van der Waals surface area contributed by atoms with Gasteiger partial charge in [0.25, 0.3) is 0 Å². The molecule has 0 spiro atoms. The number of ether oxygens (including phenoxy) is 1. The van der Waals surface area contributed by atoms with Crippen molar-refractivity contribution in [1.29, 1.82) is 0 Å². The van der Waals surface area contributed by atoms with E-state index in [2.05, 4.69) is 33.8 Å². The van der Waals surface area contributed by atoms with E-state index < -0.39 is 0 Å². The minimum Gasteiger partial charge on any atom is -0.493 e. The highest BCUT2D eigenvalue weighted by Crippen LogP contribution is 2.27. The summed E-state index contributed by atoms with van der Waals surface area (Å²) in [5, 5.41) is 0. The number of para-hydroxylation sites is 1. The lowest BCUT2D eigenvalue weighted by atomic mass is 9.97. The van der Waals surface area contributed by atoms with E-state index in [9.17, 15) is 0 Å². The van der Waals surface area contributed by atoms with Gasteiger partial charge in [-0.05, 0) is 24.3 Å². The smallest absolute Gasteiger partial charge is 0.124 e. The molecule has 0 radical (unpaired) electrons. The third-order valence-corrected chi connectivity index (χ3v) is 2.62. The van der Waals surface area contributed by atoms with Crippen molar-refractivity contribution in [2.24, 2.45) is 17.6 Å². The summed E-state index contributed by atoms with van der Waals surface area (Å²) in [5.74, 6) is 2.07. The molecular weight excluding hydrogens is 210 g/mol. The van der Waals surface area contributed by atoms with Gasteiger partial charge in [-0.25, -0.2) is 0 Å². The Morgan fingerprint density at radius 1 is 1.06 bits per heavy atom. The molecule has 17 heavy (non-hydrogen) atoms. The molecule has 0 saturated carbocycles. The minimum absolute atomic E-state index is 0.0679. The number of hydrogen-bond acceptors (Lipinski definition) is 2. The summed E-state index contributed by atoms with van der Waals surface area (Å²) in [6, 6.07) is 8.18. The molecule has 0 aromatic heterocycles. The maximum Gasteiger partial charge on any atom is 0.124 e. The zero-order valence-corrected chi connectivity index (χ0v) is 11.4. The van der Waals surface area contributed by atoms with Crippen LogP contribution in [0.2, 0.25) is 0 Å². The second-order valence-corrected chi connectivity index (χ2v) is 5.48. The van der Waals surface area contributed by atoms with Crippen LogP contribution in [0, 0.1) is 11.8 Å². The van der Waals surface area contributed by atoms with Gasteiger partial charge in [-0.1, -0.05) is 45.9 Å². The van der Waals surface area contributed by atoms with E-state index in [1.807, 2.05) is 18.2 Å². The highest BCUT2D eigenvalue weighted by Gasteiger charge is 2.13. The molecule has 1 atom stereocenters. The van der Waals surface area contributed by atoms with Crippen molar-refractivity contribution in [2.45, 2.75) is 40.2 Å². The van der Waals surface area contributed by atoms with Crippen molar-refractivity contribution in [1.82, 2.24) is 0 Å². The van der Waals surface area contributed by atoms with Crippen LogP contribution in [0.3, 0.4) is 0 Å². The molecule has 1 rings (SSSR count). The average molecular weight is 235 g/mol. The number of benzene rings is 1. The SMILES string of the molecule is CC(C)COc1ccccc1[C@H](N)CC(C)C. The quantitative estimate of drug-likeness (QED) is 0.814. The summed E-state index contributed by atoms with van der Waals surface area (Å²) in [7, 11) is 0. The molecule has 0 aliphatic carbocycles. The topological polar surface area (TPSA) is 35.2 Å². The van der Waals surface area contributed by atoms with E-state index in [-0.39, 0.29) is 6.04 Å². The Kier molecular flexibility index (Phi) is 5.49. The molecule has 2 N–H and O–H groups in total. The molecule has 0 saturated heterocycles. The molecule has 0 bridgehead atoms. The summed E-state index contributed by atoms with van der Waals surface area (Å²) >= 11 is 0. The van der Waals surface area contributed by atoms with Gasteiger partial charge in [0.2, 0.25) is 0 Å². The van der Waals surface area contributed by atoms with Crippen LogP contribution in [0.4, 0.5) is 0 Å². The summed E-state index contributed by atoms with van der Waals surface area (Å²) in [4.78, 5) is 0. The van der Waals surface area contributed by atoms with Gasteiger partial charge in [0, 0.05) is 11.6 Å². The molecule has 96 valence electrons. The van der Waals surface area contributed by atoms with Gasteiger partial charge in [-0.2, -0.15) is 0 Å². The highest BCUT2D eigenvalue weighted by atomic mass is 16.5. The van der Waals surface area contributed by atoms with Crippen molar-refractivity contribution in [3.63, 3.8) is 0 Å². The summed E-state index contributed by atoms with van der Waals surface area (Å²) in [6.45, 7) is 9.42. The largest absolute Gasteiger partial charge is 0.493 e. The van der Waals surface area contributed by atoms with E-state index in [1.54, 1.807) is 0 Å². The van der Waals surface area contributed by atoms with Gasteiger partial charge in [-0.15, -0.1) is 0 Å². The van der Waals surface area contributed by atoms with E-state index in [4.69, 9.17) is 10.5 Å². The van der Waals surface area contributed by atoms with E-state index in [1.165, 1.54) is 0 Å². The predicted molar refractivity (Wildman–Crippen MR) is 73.2 cm³/mol. The molecule has 0 amide bonds. The maximum absolute atomic E-state index is 6.22. The van der Waals surface area contributed by atoms with Crippen molar-refractivity contribution in [3.05, 3.63) is 29.8 Å². The third kappa shape index (κ3) is 4.78. The molecule has 1 aromatic rings. The normalized spacial score (nSPS) is 13.1. The fourth-order valence-corrected chi connectivity index (χ4v) is 1.81. The molecule has 1 aromatic carbocycles. The van der Waals surface area contributed by atoms with Crippen LogP contribution in [0.25, 0.3) is 0 Å². The highest BCUT2D eigenvalue weighted by molar-refractivity contribution is 5.35. The van der Waals surface area contributed by atoms with Crippen LogP contribution in [-0.2, 0) is 0 Å². The van der Waals surface area contributed by atoms with Gasteiger partial charge in [0.1, 0.15) is 5.75 Å². The Labute approximate surface area is 105 Å². The fourth-order valence-electron chi connectivity index (χ4n) is 1.81. The summed E-state index contributed by atoms with van der Waals surface area (Å²) in [5.41, 5.74) is 7.35. The monoisotopic (exact) mass is 235 g/mol. The molecule has 0 aliphatic rings. The Balaban J connectivity index is 2.76. The van der Waals surface area contributed by atoms with E-state index in [0.29, 0.717) is 11.8 Å². The predicted octanol–water partition coefficient (Wildman–Crippen LogP) is 3.77. The Hall–Kier alpha value is -1.02. The maximum atomic E-state index is 6.22. The molecule has 2 nitrogen and oxygen atoms in total. The Morgan fingerprint density at radius 3 is 2.29 bits per heavy atom. The molecular formula is C15H25NO. The van der Waals surface area contributed by atoms with E-state index in [0.717, 1.165) is 24.3 Å². The van der Waals surface area contributed by atoms with Crippen molar-refractivity contribution in [3.8, 4) is 5.75 Å². The lowest BCUT2D eigenvalue weighted by Crippen LogP contribution is -2.15. The first kappa shape index (κ1) is 14.0. The van der Waals surface area contributed by atoms with Crippen LogP contribution in [-0.4, -0.2) is 6.61 Å². The first-order valence-corrected chi connectivity index (χ1v) is 6.48. The lowest BCUT2D eigenvalue weighted by molar-refractivity contribution is 0.266. The second kappa shape index (κ2) is 6.65. The van der Waals surface area contributed by atoms with Gasteiger partial charge in [-0.3, -0.25) is 0 Å². The van der Waals surface area contributed by atoms with Crippen molar-refractivity contribution in [2.75, 3.05) is 6.61 Å². The van der Waals surface area contributed by atoms with Gasteiger partial charge >= 0.3 is 0 Å². The summed E-state index contributed by atoms with van der Waals surface area (Å²) in [6.07, 6.45) is 0.988. The number of hydrogen-bond donors (Lipinski definition) is 1. The van der Waals surface area contributed by atoms with Gasteiger partial charge in [0.15, 0.2) is 0 Å². The van der Waals surface area contributed by atoms with Crippen LogP contribution in [0.5, 0.6) is 5.75 Å². The van der Waals surface area contributed by atoms with Crippen molar-refractivity contribution < 1.29 is 4.74 Å². The Bertz CT molecular complexity index is 333. The van der Waals surface area contributed by atoms with Gasteiger partial charge in [0.05, 0.1) is 6.61 Å². The standard InChI is InChI=1S/C15H25NO/c1-11(2)9-14(16)13-7-5-6-8-15(13)17-10-12(3)4/h5-8,11-12,14H,9-10,16H2,1-4H3/t14-/m1/s1. The lowest BCUT2D eigenvalue weighted by Gasteiger charge is -2.19. The van der Waals surface area contributed by atoms with E-state index >= 15 is 0 Å². The first-order chi connectivity index (χ1) is 8.00. The second-order valence-electron chi connectivity index (χ2n) is 5.48.